The number of hydrogen-bond donors (Lipinski definition) is 0. The van der Waals surface area contributed by atoms with Gasteiger partial charge >= 0.3 is 0 Å². The predicted octanol–water partition coefficient (Wildman–Crippen LogP) is 2.60. The molecule has 2 heterocycles. The number of benzene rings is 1. The van der Waals surface area contributed by atoms with Gasteiger partial charge in [0.05, 0.1) is 23.2 Å². The predicted molar refractivity (Wildman–Crippen MR) is 90.2 cm³/mol. The zero-order valence-electron chi connectivity index (χ0n) is 13.5. The van der Waals surface area contributed by atoms with Crippen LogP contribution in [0.1, 0.15) is 17.1 Å². The molecule has 1 unspecified atom stereocenters. The molecule has 3 rings (SSSR count). The lowest BCUT2D eigenvalue weighted by molar-refractivity contribution is -0.135. The minimum atomic E-state index is -0.382. The van der Waals surface area contributed by atoms with Gasteiger partial charge in [0, 0.05) is 31.1 Å². The van der Waals surface area contributed by atoms with Crippen molar-refractivity contribution in [3.8, 4) is 0 Å². The fourth-order valence-electron chi connectivity index (χ4n) is 2.86. The van der Waals surface area contributed by atoms with Crippen molar-refractivity contribution >= 4 is 28.8 Å². The van der Waals surface area contributed by atoms with Crippen LogP contribution in [0.5, 0.6) is 0 Å². The van der Waals surface area contributed by atoms with Crippen molar-refractivity contribution in [2.75, 3.05) is 18.5 Å². The number of hydrogen-bond acceptors (Lipinski definition) is 4. The molecule has 2 amide bonds. The van der Waals surface area contributed by atoms with Gasteiger partial charge in [-0.2, -0.15) is 0 Å². The van der Waals surface area contributed by atoms with E-state index in [4.69, 9.17) is 0 Å². The molecule has 1 atom stereocenters. The maximum Gasteiger partial charge on any atom is 0.228 e. The van der Waals surface area contributed by atoms with Crippen molar-refractivity contribution < 1.29 is 14.0 Å². The monoisotopic (exact) mass is 347 g/mol. The van der Waals surface area contributed by atoms with Crippen molar-refractivity contribution in [2.24, 2.45) is 5.92 Å². The standard InChI is InChI=1S/C17H18FN3O2S/c1-11-19-14(10-24-11)9-20(2)17(23)12-7-16(22)21(8-12)15-5-3-13(18)4-6-15/h3-6,10,12H,7-9H2,1-2H3. The van der Waals surface area contributed by atoms with E-state index in [0.717, 1.165) is 10.7 Å². The number of amides is 2. The zero-order valence-corrected chi connectivity index (χ0v) is 14.3. The minimum Gasteiger partial charge on any atom is -0.340 e. The van der Waals surface area contributed by atoms with E-state index in [-0.39, 0.29) is 30.0 Å². The maximum absolute atomic E-state index is 13.0. The van der Waals surface area contributed by atoms with Crippen LogP contribution in [0.2, 0.25) is 0 Å². The van der Waals surface area contributed by atoms with E-state index in [0.29, 0.717) is 18.8 Å². The molecule has 5 nitrogen and oxygen atoms in total. The van der Waals surface area contributed by atoms with Crippen LogP contribution in [0.25, 0.3) is 0 Å². The van der Waals surface area contributed by atoms with Crippen LogP contribution in [-0.2, 0) is 16.1 Å². The zero-order chi connectivity index (χ0) is 17.3. The summed E-state index contributed by atoms with van der Waals surface area (Å²) in [6.45, 7) is 2.68. The summed E-state index contributed by atoms with van der Waals surface area (Å²) in [5.41, 5.74) is 1.47. The highest BCUT2D eigenvalue weighted by Crippen LogP contribution is 2.26. The Bertz CT molecular complexity index is 759. The van der Waals surface area contributed by atoms with Gasteiger partial charge in [0.15, 0.2) is 0 Å². The lowest BCUT2D eigenvalue weighted by atomic mass is 10.1. The molecule has 1 aliphatic rings. The number of halogens is 1. The summed E-state index contributed by atoms with van der Waals surface area (Å²) in [6, 6.07) is 5.74. The van der Waals surface area contributed by atoms with Crippen LogP contribution in [0.4, 0.5) is 10.1 Å². The van der Waals surface area contributed by atoms with E-state index in [2.05, 4.69) is 4.98 Å². The van der Waals surface area contributed by atoms with E-state index in [1.54, 1.807) is 40.3 Å². The molecule has 1 aromatic heterocycles. The Kier molecular flexibility index (Phi) is 4.62. The average molecular weight is 347 g/mol. The van der Waals surface area contributed by atoms with Gasteiger partial charge in [-0.05, 0) is 31.2 Å². The van der Waals surface area contributed by atoms with E-state index in [9.17, 15) is 14.0 Å². The Morgan fingerprint density at radius 1 is 1.42 bits per heavy atom. The Balaban J connectivity index is 1.66. The fourth-order valence-corrected chi connectivity index (χ4v) is 3.46. The third kappa shape index (κ3) is 3.46. The highest BCUT2D eigenvalue weighted by atomic mass is 32.1. The van der Waals surface area contributed by atoms with Crippen LogP contribution in [-0.4, -0.2) is 35.3 Å². The van der Waals surface area contributed by atoms with Gasteiger partial charge in [-0.15, -0.1) is 11.3 Å². The number of carbonyl (C=O) groups excluding carboxylic acids is 2. The molecule has 1 saturated heterocycles. The first-order valence-electron chi connectivity index (χ1n) is 7.66. The molecule has 0 bridgehead atoms. The second kappa shape index (κ2) is 6.68. The van der Waals surface area contributed by atoms with Crippen molar-refractivity contribution in [2.45, 2.75) is 19.9 Å². The fraction of sp³-hybridized carbons (Fsp3) is 0.353. The third-order valence-electron chi connectivity index (χ3n) is 4.05. The number of nitrogens with zero attached hydrogens (tertiary/aromatic N) is 3. The van der Waals surface area contributed by atoms with Crippen LogP contribution in [0.3, 0.4) is 0 Å². The summed E-state index contributed by atoms with van der Waals surface area (Å²) in [7, 11) is 1.72. The Hall–Kier alpha value is -2.28. The Morgan fingerprint density at radius 3 is 2.75 bits per heavy atom. The summed E-state index contributed by atoms with van der Waals surface area (Å²) in [5, 5.41) is 2.90. The first kappa shape index (κ1) is 16.6. The normalized spacial score (nSPS) is 17.4. The number of rotatable bonds is 4. The largest absolute Gasteiger partial charge is 0.340 e. The van der Waals surface area contributed by atoms with Crippen LogP contribution in [0, 0.1) is 18.7 Å². The molecule has 1 fully saturated rings. The molecule has 24 heavy (non-hydrogen) atoms. The molecular weight excluding hydrogens is 329 g/mol. The number of aryl methyl sites for hydroxylation is 1. The third-order valence-corrected chi connectivity index (χ3v) is 4.88. The molecule has 0 saturated carbocycles. The molecule has 0 spiro atoms. The Labute approximate surface area is 143 Å². The van der Waals surface area contributed by atoms with Crippen molar-refractivity contribution in [1.29, 1.82) is 0 Å². The minimum absolute atomic E-state index is 0.0707. The molecule has 2 aromatic rings. The maximum atomic E-state index is 13.0. The molecule has 1 aliphatic heterocycles. The highest BCUT2D eigenvalue weighted by molar-refractivity contribution is 7.09. The van der Waals surface area contributed by atoms with Gasteiger partial charge in [-0.3, -0.25) is 9.59 Å². The second-order valence-electron chi connectivity index (χ2n) is 5.93. The second-order valence-corrected chi connectivity index (χ2v) is 7.00. The van der Waals surface area contributed by atoms with Gasteiger partial charge in [0.25, 0.3) is 0 Å². The topological polar surface area (TPSA) is 53.5 Å². The summed E-state index contributed by atoms with van der Waals surface area (Å²) in [4.78, 5) is 32.3. The number of anilines is 1. The van der Waals surface area contributed by atoms with E-state index in [1.165, 1.54) is 12.1 Å². The van der Waals surface area contributed by atoms with Crippen molar-refractivity contribution in [3.63, 3.8) is 0 Å². The average Bonchev–Trinajstić information content (AvgIpc) is 3.13. The SMILES string of the molecule is Cc1nc(CN(C)C(=O)C2CC(=O)N(c3ccc(F)cc3)C2)cs1. The van der Waals surface area contributed by atoms with Gasteiger partial charge in [0.2, 0.25) is 11.8 Å². The molecule has 0 radical (unpaired) electrons. The molecule has 126 valence electrons. The van der Waals surface area contributed by atoms with Crippen LogP contribution < -0.4 is 4.90 Å². The highest BCUT2D eigenvalue weighted by Gasteiger charge is 2.36. The summed E-state index contributed by atoms with van der Waals surface area (Å²) >= 11 is 1.55. The molecule has 0 N–H and O–H groups in total. The van der Waals surface area contributed by atoms with Gasteiger partial charge in [-0.1, -0.05) is 0 Å². The number of thiazole rings is 1. The lowest BCUT2D eigenvalue weighted by Crippen LogP contribution is -2.34. The number of carbonyl (C=O) groups is 2. The van der Waals surface area contributed by atoms with Crippen LogP contribution in [0.15, 0.2) is 29.6 Å². The first-order chi connectivity index (χ1) is 11.4. The quantitative estimate of drug-likeness (QED) is 0.854. The molecular formula is C17H18FN3O2S. The summed E-state index contributed by atoms with van der Waals surface area (Å²) < 4.78 is 13.0. The molecule has 1 aromatic carbocycles. The molecule has 0 aliphatic carbocycles. The van der Waals surface area contributed by atoms with Gasteiger partial charge in [0.1, 0.15) is 5.82 Å². The van der Waals surface area contributed by atoms with E-state index < -0.39 is 0 Å². The lowest BCUT2D eigenvalue weighted by Gasteiger charge is -2.21. The van der Waals surface area contributed by atoms with Gasteiger partial charge in [-0.25, -0.2) is 9.37 Å². The smallest absolute Gasteiger partial charge is 0.228 e. The van der Waals surface area contributed by atoms with Crippen LogP contribution >= 0.6 is 11.3 Å². The van der Waals surface area contributed by atoms with Crippen molar-refractivity contribution in [1.82, 2.24) is 9.88 Å². The van der Waals surface area contributed by atoms with E-state index >= 15 is 0 Å². The number of aromatic nitrogens is 1. The summed E-state index contributed by atoms with van der Waals surface area (Å²) in [5.74, 6) is -0.917. The molecule has 7 heteroatoms. The Morgan fingerprint density at radius 2 is 2.12 bits per heavy atom. The van der Waals surface area contributed by atoms with Gasteiger partial charge < -0.3 is 9.80 Å². The first-order valence-corrected chi connectivity index (χ1v) is 8.54. The van der Waals surface area contributed by atoms with Crippen molar-refractivity contribution in [3.05, 3.63) is 46.2 Å². The van der Waals surface area contributed by atoms with E-state index in [1.807, 2.05) is 12.3 Å². The summed E-state index contributed by atoms with van der Waals surface area (Å²) in [6.07, 6.45) is 0.177.